The van der Waals surface area contributed by atoms with E-state index in [1.54, 1.807) is 0 Å². The molecule has 0 aromatic carbocycles. The first kappa shape index (κ1) is 13.7. The topological polar surface area (TPSA) is 44.5 Å². The Labute approximate surface area is 110 Å². The summed E-state index contributed by atoms with van der Waals surface area (Å²) in [6.07, 6.45) is 2.71. The maximum atomic E-state index is 6.15. The molecule has 0 unspecified atom stereocenters. The molecule has 0 spiro atoms. The molecule has 0 radical (unpaired) electrons. The van der Waals surface area contributed by atoms with E-state index in [0.717, 1.165) is 12.3 Å². The first-order valence-corrected chi connectivity index (χ1v) is 6.44. The summed E-state index contributed by atoms with van der Waals surface area (Å²) in [5.74, 6) is 1.40. The van der Waals surface area contributed by atoms with E-state index in [9.17, 15) is 0 Å². The summed E-state index contributed by atoms with van der Waals surface area (Å²) < 4.78 is 12.1. The van der Waals surface area contributed by atoms with Crippen LogP contribution in [-0.4, -0.2) is 24.8 Å². The Morgan fingerprint density at radius 2 is 1.94 bits per heavy atom. The Hall–Kier alpha value is 0.235. The van der Waals surface area contributed by atoms with Gasteiger partial charge in [-0.1, -0.05) is 20.8 Å². The van der Waals surface area contributed by atoms with Crippen molar-refractivity contribution in [2.24, 2.45) is 23.0 Å². The summed E-state index contributed by atoms with van der Waals surface area (Å²) in [5.41, 5.74) is 6.20. The highest BCUT2D eigenvalue weighted by Crippen LogP contribution is 2.65. The molecule has 4 rings (SSSR count). The average molecular weight is 260 g/mol. The zero-order chi connectivity index (χ0) is 11.7. The van der Waals surface area contributed by atoms with Crippen LogP contribution in [0.15, 0.2) is 0 Å². The Morgan fingerprint density at radius 1 is 1.29 bits per heavy atom. The van der Waals surface area contributed by atoms with Gasteiger partial charge in [0.2, 0.25) is 0 Å². The summed E-state index contributed by atoms with van der Waals surface area (Å²) in [5, 5.41) is 0. The minimum atomic E-state index is -0.204. The zero-order valence-electron chi connectivity index (χ0n) is 11.1. The van der Waals surface area contributed by atoms with Gasteiger partial charge in [-0.3, -0.25) is 0 Å². The van der Waals surface area contributed by atoms with Gasteiger partial charge in [0.05, 0.1) is 11.7 Å². The van der Waals surface area contributed by atoms with Crippen molar-refractivity contribution in [1.29, 1.82) is 0 Å². The molecule has 2 bridgehead atoms. The number of halogens is 1. The van der Waals surface area contributed by atoms with Crippen molar-refractivity contribution in [3.63, 3.8) is 0 Å². The monoisotopic (exact) mass is 259 g/mol. The molecule has 17 heavy (non-hydrogen) atoms. The average Bonchev–Trinajstić information content (AvgIpc) is 2.54. The molecular formula is C12H23BClNO2. The third kappa shape index (κ3) is 1.61. The quantitative estimate of drug-likeness (QED) is 0.733. The van der Waals surface area contributed by atoms with E-state index in [-0.39, 0.29) is 37.2 Å². The second-order valence-electron chi connectivity index (χ2n) is 6.70. The number of rotatable bonds is 1. The second kappa shape index (κ2) is 3.86. The van der Waals surface area contributed by atoms with E-state index in [4.69, 9.17) is 15.0 Å². The first-order valence-electron chi connectivity index (χ1n) is 6.44. The van der Waals surface area contributed by atoms with Crippen LogP contribution in [0, 0.1) is 17.3 Å². The fourth-order valence-electron chi connectivity index (χ4n) is 4.13. The van der Waals surface area contributed by atoms with E-state index in [1.165, 1.54) is 6.42 Å². The molecule has 3 aliphatic carbocycles. The number of nitrogens with two attached hydrogens (primary N) is 1. The van der Waals surface area contributed by atoms with Crippen LogP contribution in [0.2, 0.25) is 0 Å². The van der Waals surface area contributed by atoms with Crippen LogP contribution in [0.4, 0.5) is 0 Å². The Morgan fingerprint density at radius 3 is 2.47 bits per heavy atom. The van der Waals surface area contributed by atoms with Gasteiger partial charge in [-0.15, -0.1) is 12.4 Å². The highest BCUT2D eigenvalue weighted by molar-refractivity contribution is 6.47. The summed E-state index contributed by atoms with van der Waals surface area (Å²) >= 11 is 0. The minimum Gasteiger partial charge on any atom is -0.404 e. The molecule has 0 amide bonds. The predicted molar refractivity (Wildman–Crippen MR) is 71.0 cm³/mol. The molecule has 1 saturated heterocycles. The standard InChI is InChI=1S/C12H22BNO2.ClH/c1-7(14)13-15-10-6-8-5-9(11(8,2)3)12(10,4)16-13;/h7-10H,5-6,14H2,1-4H3;1H/t7-,8-,9-,10+,12-;/m1./s1. The summed E-state index contributed by atoms with van der Waals surface area (Å²) in [6, 6.07) is 0. The minimum absolute atomic E-state index is 0. The molecule has 1 aliphatic heterocycles. The van der Waals surface area contributed by atoms with Gasteiger partial charge >= 0.3 is 7.12 Å². The fraction of sp³-hybridized carbons (Fsp3) is 1.00. The van der Waals surface area contributed by atoms with E-state index in [2.05, 4.69) is 20.8 Å². The van der Waals surface area contributed by atoms with Crippen LogP contribution in [0.3, 0.4) is 0 Å². The van der Waals surface area contributed by atoms with Crippen molar-refractivity contribution in [2.75, 3.05) is 0 Å². The van der Waals surface area contributed by atoms with Gasteiger partial charge in [0.25, 0.3) is 0 Å². The van der Waals surface area contributed by atoms with Crippen LogP contribution in [-0.2, 0) is 9.31 Å². The van der Waals surface area contributed by atoms with Crippen molar-refractivity contribution in [2.45, 2.75) is 58.2 Å². The van der Waals surface area contributed by atoms with Crippen molar-refractivity contribution < 1.29 is 9.31 Å². The molecule has 2 N–H and O–H groups in total. The summed E-state index contributed by atoms with van der Waals surface area (Å²) in [7, 11) is -0.204. The molecule has 0 aromatic rings. The zero-order valence-corrected chi connectivity index (χ0v) is 11.9. The van der Waals surface area contributed by atoms with Crippen LogP contribution < -0.4 is 5.73 Å². The van der Waals surface area contributed by atoms with Gasteiger partial charge in [-0.05, 0) is 37.0 Å². The van der Waals surface area contributed by atoms with Crippen LogP contribution >= 0.6 is 12.4 Å². The fourth-order valence-corrected chi connectivity index (χ4v) is 4.13. The van der Waals surface area contributed by atoms with Gasteiger partial charge in [-0.25, -0.2) is 0 Å². The highest BCUT2D eigenvalue weighted by Gasteiger charge is 2.68. The SMILES string of the molecule is C[C@@H](N)B1O[C@H]2C[C@H]3C[C@H](C3(C)C)[C@@]2(C)O1.Cl. The molecule has 3 saturated carbocycles. The van der Waals surface area contributed by atoms with Crippen molar-refractivity contribution >= 4 is 19.5 Å². The van der Waals surface area contributed by atoms with Gasteiger partial charge in [-0.2, -0.15) is 0 Å². The van der Waals surface area contributed by atoms with E-state index in [1.807, 2.05) is 6.92 Å². The normalized spacial score (nSPS) is 47.8. The van der Waals surface area contributed by atoms with Crippen molar-refractivity contribution in [3.05, 3.63) is 0 Å². The third-order valence-corrected chi connectivity index (χ3v) is 5.40. The molecule has 4 fully saturated rings. The van der Waals surface area contributed by atoms with Gasteiger partial charge < -0.3 is 15.0 Å². The summed E-state index contributed by atoms with van der Waals surface area (Å²) in [6.45, 7) is 8.93. The lowest BCUT2D eigenvalue weighted by Gasteiger charge is -2.64. The molecular weight excluding hydrogens is 236 g/mol. The lowest BCUT2D eigenvalue weighted by atomic mass is 9.43. The largest absolute Gasteiger partial charge is 0.475 e. The molecule has 0 aromatic heterocycles. The predicted octanol–water partition coefficient (Wildman–Crippen LogP) is 2.02. The van der Waals surface area contributed by atoms with E-state index in [0.29, 0.717) is 11.3 Å². The van der Waals surface area contributed by atoms with Gasteiger partial charge in [0.15, 0.2) is 0 Å². The highest BCUT2D eigenvalue weighted by atomic mass is 35.5. The smallest absolute Gasteiger partial charge is 0.404 e. The number of hydrogen-bond donors (Lipinski definition) is 1. The van der Waals surface area contributed by atoms with Crippen LogP contribution in [0.5, 0.6) is 0 Å². The van der Waals surface area contributed by atoms with Crippen molar-refractivity contribution in [3.8, 4) is 0 Å². The Kier molecular flexibility index (Phi) is 3.10. The third-order valence-electron chi connectivity index (χ3n) is 5.40. The van der Waals surface area contributed by atoms with Crippen LogP contribution in [0.25, 0.3) is 0 Å². The Bertz CT molecular complexity index is 326. The molecule has 98 valence electrons. The lowest BCUT2D eigenvalue weighted by Crippen LogP contribution is -2.65. The maximum absolute atomic E-state index is 6.15. The van der Waals surface area contributed by atoms with Gasteiger partial charge in [0.1, 0.15) is 0 Å². The van der Waals surface area contributed by atoms with Gasteiger partial charge in [0, 0.05) is 5.94 Å². The number of hydrogen-bond acceptors (Lipinski definition) is 3. The summed E-state index contributed by atoms with van der Waals surface area (Å²) in [4.78, 5) is 0. The molecule has 4 aliphatic rings. The molecule has 5 heteroatoms. The Balaban J connectivity index is 0.00000108. The molecule has 3 nitrogen and oxygen atoms in total. The lowest BCUT2D eigenvalue weighted by molar-refractivity contribution is -0.199. The van der Waals surface area contributed by atoms with E-state index >= 15 is 0 Å². The molecule has 5 atom stereocenters. The van der Waals surface area contributed by atoms with Crippen LogP contribution in [0.1, 0.15) is 40.5 Å². The molecule has 1 heterocycles. The van der Waals surface area contributed by atoms with Crippen molar-refractivity contribution in [1.82, 2.24) is 0 Å². The second-order valence-corrected chi connectivity index (χ2v) is 6.70. The van der Waals surface area contributed by atoms with E-state index < -0.39 is 0 Å². The maximum Gasteiger partial charge on any atom is 0.475 e. The first-order chi connectivity index (χ1) is 7.35.